The minimum absolute atomic E-state index is 0. The van der Waals surface area contributed by atoms with E-state index in [4.69, 9.17) is 4.74 Å². The van der Waals surface area contributed by atoms with Gasteiger partial charge in [0.1, 0.15) is 11.9 Å². The van der Waals surface area contributed by atoms with E-state index in [-0.39, 0.29) is 13.5 Å². The van der Waals surface area contributed by atoms with E-state index < -0.39 is 0 Å². The lowest BCUT2D eigenvalue weighted by Crippen LogP contribution is -2.21. The first-order valence-electron chi connectivity index (χ1n) is 4.75. The Hall–Kier alpha value is -0.670. The first-order chi connectivity index (χ1) is 6.34. The second kappa shape index (κ2) is 5.27. The minimum atomic E-state index is 0. The number of likely N-dealkylation sites (tertiary alicyclic amines) is 1. The van der Waals surface area contributed by atoms with Crippen molar-refractivity contribution in [3.8, 4) is 5.75 Å². The van der Waals surface area contributed by atoms with Crippen LogP contribution in [0.2, 0.25) is 0 Å². The van der Waals surface area contributed by atoms with Crippen molar-refractivity contribution in [1.82, 2.24) is 4.90 Å². The van der Waals surface area contributed by atoms with Crippen LogP contribution in [-0.4, -0.2) is 31.1 Å². The van der Waals surface area contributed by atoms with Crippen LogP contribution < -0.4 is 4.74 Å². The maximum absolute atomic E-state index is 5.80. The summed E-state index contributed by atoms with van der Waals surface area (Å²) in [5, 5.41) is 0. The molecule has 2 rings (SSSR count). The van der Waals surface area contributed by atoms with Gasteiger partial charge in [-0.25, -0.2) is 0 Å². The first-order valence-corrected chi connectivity index (χ1v) is 4.75. The summed E-state index contributed by atoms with van der Waals surface area (Å²) in [6.45, 7) is 2.20. The average molecular weight is 211 g/mol. The highest BCUT2D eigenvalue weighted by molar-refractivity contribution is 7.59. The molecule has 2 nitrogen and oxygen atoms in total. The molecule has 0 saturated carbocycles. The molecular formula is C11H17NOS. The Morgan fingerprint density at radius 1 is 1.29 bits per heavy atom. The predicted molar refractivity (Wildman–Crippen MR) is 63.4 cm³/mol. The van der Waals surface area contributed by atoms with Gasteiger partial charge < -0.3 is 9.64 Å². The highest BCUT2D eigenvalue weighted by Crippen LogP contribution is 2.16. The molecule has 0 aliphatic carbocycles. The normalized spacial score (nSPS) is 21.6. The van der Waals surface area contributed by atoms with Crippen molar-refractivity contribution >= 4 is 13.5 Å². The first kappa shape index (κ1) is 11.4. The number of nitrogens with zero attached hydrogens (tertiary/aromatic N) is 1. The maximum Gasteiger partial charge on any atom is 0.119 e. The fraction of sp³-hybridized carbons (Fsp3) is 0.455. The molecular weight excluding hydrogens is 194 g/mol. The molecule has 0 aromatic heterocycles. The Labute approximate surface area is 92.3 Å². The standard InChI is InChI=1S/C11H15NO.H2S/c1-12-8-7-11(9-12)13-10-5-3-2-4-6-10;/h2-6,11H,7-9H2,1H3;1H2/t11-;/m0./s1. The summed E-state index contributed by atoms with van der Waals surface area (Å²) in [6, 6.07) is 10.0. The van der Waals surface area contributed by atoms with Crippen molar-refractivity contribution in [2.75, 3.05) is 20.1 Å². The highest BCUT2D eigenvalue weighted by Gasteiger charge is 2.20. The van der Waals surface area contributed by atoms with E-state index in [1.165, 1.54) is 0 Å². The average Bonchev–Trinajstić information content (AvgIpc) is 2.53. The van der Waals surface area contributed by atoms with Crippen molar-refractivity contribution in [2.24, 2.45) is 0 Å². The smallest absolute Gasteiger partial charge is 0.119 e. The lowest BCUT2D eigenvalue weighted by molar-refractivity contribution is 0.208. The molecule has 0 spiro atoms. The SMILES string of the molecule is CN1CC[C@H](Oc2ccccc2)C1.S. The Bertz CT molecular complexity index is 265. The van der Waals surface area contributed by atoms with E-state index in [0.717, 1.165) is 25.3 Å². The molecule has 0 radical (unpaired) electrons. The van der Waals surface area contributed by atoms with Crippen LogP contribution in [0.4, 0.5) is 0 Å². The second-order valence-corrected chi connectivity index (χ2v) is 3.60. The maximum atomic E-state index is 5.80. The van der Waals surface area contributed by atoms with Crippen LogP contribution in [0.5, 0.6) is 5.75 Å². The topological polar surface area (TPSA) is 12.5 Å². The van der Waals surface area contributed by atoms with Crippen LogP contribution in [0, 0.1) is 0 Å². The molecule has 1 atom stereocenters. The molecule has 1 aliphatic rings. The van der Waals surface area contributed by atoms with Gasteiger partial charge in [0.05, 0.1) is 0 Å². The Balaban J connectivity index is 0.000000980. The number of para-hydroxylation sites is 1. The van der Waals surface area contributed by atoms with E-state index in [0.29, 0.717) is 6.10 Å². The van der Waals surface area contributed by atoms with Crippen molar-refractivity contribution in [2.45, 2.75) is 12.5 Å². The molecule has 0 N–H and O–H groups in total. The van der Waals surface area contributed by atoms with Crippen LogP contribution >= 0.6 is 13.5 Å². The van der Waals surface area contributed by atoms with E-state index >= 15 is 0 Å². The summed E-state index contributed by atoms with van der Waals surface area (Å²) < 4.78 is 5.80. The third-order valence-electron chi connectivity index (χ3n) is 2.39. The molecule has 0 unspecified atom stereocenters. The van der Waals surface area contributed by atoms with Crippen LogP contribution in [-0.2, 0) is 0 Å². The molecule has 1 saturated heterocycles. The zero-order valence-corrected chi connectivity index (χ0v) is 9.44. The summed E-state index contributed by atoms with van der Waals surface area (Å²) in [4.78, 5) is 2.30. The van der Waals surface area contributed by atoms with Crippen molar-refractivity contribution in [3.63, 3.8) is 0 Å². The van der Waals surface area contributed by atoms with Crippen LogP contribution in [0.3, 0.4) is 0 Å². The number of hydrogen-bond donors (Lipinski definition) is 0. The minimum Gasteiger partial charge on any atom is -0.489 e. The third kappa shape index (κ3) is 2.93. The fourth-order valence-corrected chi connectivity index (χ4v) is 1.68. The largest absolute Gasteiger partial charge is 0.489 e. The van der Waals surface area contributed by atoms with E-state index in [1.54, 1.807) is 0 Å². The molecule has 14 heavy (non-hydrogen) atoms. The number of benzene rings is 1. The second-order valence-electron chi connectivity index (χ2n) is 3.60. The van der Waals surface area contributed by atoms with Crippen LogP contribution in [0.25, 0.3) is 0 Å². The molecule has 1 aliphatic heterocycles. The summed E-state index contributed by atoms with van der Waals surface area (Å²) >= 11 is 0. The van der Waals surface area contributed by atoms with Gasteiger partial charge in [-0.2, -0.15) is 13.5 Å². The number of ether oxygens (including phenoxy) is 1. The highest BCUT2D eigenvalue weighted by atomic mass is 32.1. The predicted octanol–water partition coefficient (Wildman–Crippen LogP) is 1.88. The van der Waals surface area contributed by atoms with Crippen LogP contribution in [0.15, 0.2) is 30.3 Å². The van der Waals surface area contributed by atoms with Gasteiger partial charge in [0.25, 0.3) is 0 Å². The van der Waals surface area contributed by atoms with Crippen molar-refractivity contribution in [3.05, 3.63) is 30.3 Å². The molecule has 1 fully saturated rings. The van der Waals surface area contributed by atoms with Gasteiger partial charge in [-0.1, -0.05) is 18.2 Å². The molecule has 0 bridgehead atoms. The van der Waals surface area contributed by atoms with Gasteiger partial charge in [-0.05, 0) is 25.6 Å². The van der Waals surface area contributed by atoms with Crippen LogP contribution in [0.1, 0.15) is 6.42 Å². The van der Waals surface area contributed by atoms with Crippen molar-refractivity contribution < 1.29 is 4.74 Å². The van der Waals surface area contributed by atoms with E-state index in [2.05, 4.69) is 11.9 Å². The molecule has 1 aromatic carbocycles. The zero-order chi connectivity index (χ0) is 9.10. The summed E-state index contributed by atoms with van der Waals surface area (Å²) in [5.74, 6) is 0.989. The van der Waals surface area contributed by atoms with Gasteiger partial charge in [0.2, 0.25) is 0 Å². The third-order valence-corrected chi connectivity index (χ3v) is 2.39. The summed E-state index contributed by atoms with van der Waals surface area (Å²) in [5.41, 5.74) is 0. The molecule has 1 heterocycles. The van der Waals surface area contributed by atoms with Gasteiger partial charge >= 0.3 is 0 Å². The molecule has 78 valence electrons. The Morgan fingerprint density at radius 3 is 2.57 bits per heavy atom. The lowest BCUT2D eigenvalue weighted by Gasteiger charge is -2.13. The van der Waals surface area contributed by atoms with Gasteiger partial charge in [0.15, 0.2) is 0 Å². The summed E-state index contributed by atoms with van der Waals surface area (Å²) in [6.07, 6.45) is 1.53. The van der Waals surface area contributed by atoms with Gasteiger partial charge in [0, 0.05) is 13.1 Å². The summed E-state index contributed by atoms with van der Waals surface area (Å²) in [7, 11) is 2.13. The molecule has 3 heteroatoms. The quantitative estimate of drug-likeness (QED) is 0.740. The van der Waals surface area contributed by atoms with E-state index in [1.807, 2.05) is 30.3 Å². The zero-order valence-electron chi connectivity index (χ0n) is 8.44. The molecule has 0 amide bonds. The number of hydrogen-bond acceptors (Lipinski definition) is 2. The number of likely N-dealkylation sites (N-methyl/N-ethyl adjacent to an activating group) is 1. The van der Waals surface area contributed by atoms with Gasteiger partial charge in [-0.15, -0.1) is 0 Å². The van der Waals surface area contributed by atoms with E-state index in [9.17, 15) is 0 Å². The number of rotatable bonds is 2. The van der Waals surface area contributed by atoms with Gasteiger partial charge in [-0.3, -0.25) is 0 Å². The Kier molecular flexibility index (Phi) is 4.29. The van der Waals surface area contributed by atoms with Crippen molar-refractivity contribution in [1.29, 1.82) is 0 Å². The fourth-order valence-electron chi connectivity index (χ4n) is 1.68. The lowest BCUT2D eigenvalue weighted by atomic mass is 10.3. The Morgan fingerprint density at radius 2 is 2.00 bits per heavy atom. The molecule has 1 aromatic rings. The monoisotopic (exact) mass is 211 g/mol.